The summed E-state index contributed by atoms with van der Waals surface area (Å²) in [6.07, 6.45) is 3.73. The quantitative estimate of drug-likeness (QED) is 0.657. The van der Waals surface area contributed by atoms with Crippen molar-refractivity contribution in [3.8, 4) is 0 Å². The predicted molar refractivity (Wildman–Crippen MR) is 83.2 cm³/mol. The minimum absolute atomic E-state index is 0.301. The molecule has 0 aliphatic rings. The zero-order valence-corrected chi connectivity index (χ0v) is 12.7. The first-order chi connectivity index (χ1) is 10.6. The summed E-state index contributed by atoms with van der Waals surface area (Å²) < 4.78 is 10.5. The Bertz CT molecular complexity index is 654. The third-order valence-electron chi connectivity index (χ3n) is 3.08. The topological polar surface area (TPSA) is 68.5 Å². The van der Waals surface area contributed by atoms with Gasteiger partial charge in [0.1, 0.15) is 11.3 Å². The van der Waals surface area contributed by atoms with E-state index < -0.39 is 5.97 Å². The summed E-state index contributed by atoms with van der Waals surface area (Å²) in [5.74, 6) is -0.230. The van der Waals surface area contributed by atoms with Crippen molar-refractivity contribution in [2.24, 2.45) is 0 Å². The van der Waals surface area contributed by atoms with E-state index in [1.54, 1.807) is 6.08 Å². The Hall–Kier alpha value is -2.56. The molecule has 1 aromatic carbocycles. The first-order valence-corrected chi connectivity index (χ1v) is 7.21. The lowest BCUT2D eigenvalue weighted by molar-refractivity contribution is -0.144. The summed E-state index contributed by atoms with van der Waals surface area (Å²) in [6.45, 7) is 3.41. The number of rotatable bonds is 6. The number of nitrogens with one attached hydrogen (secondary N) is 1. The lowest BCUT2D eigenvalue weighted by atomic mass is 10.2. The second-order valence-electron chi connectivity index (χ2n) is 4.89. The highest BCUT2D eigenvalue weighted by atomic mass is 16.5. The molecule has 2 aromatic rings. The van der Waals surface area contributed by atoms with Crippen LogP contribution >= 0.6 is 0 Å². The number of carbonyl (C=O) groups excluding carboxylic acids is 2. The van der Waals surface area contributed by atoms with E-state index in [4.69, 9.17) is 9.15 Å². The van der Waals surface area contributed by atoms with Crippen molar-refractivity contribution in [1.82, 2.24) is 5.32 Å². The van der Waals surface area contributed by atoms with Crippen molar-refractivity contribution in [3.63, 3.8) is 0 Å². The van der Waals surface area contributed by atoms with Gasteiger partial charge in [0.05, 0.1) is 6.04 Å². The molecule has 0 unspecified atom stereocenters. The largest absolute Gasteiger partial charge is 0.459 e. The number of amides is 1. The van der Waals surface area contributed by atoms with Gasteiger partial charge < -0.3 is 14.5 Å². The molecule has 5 nitrogen and oxygen atoms in total. The molecule has 0 spiro atoms. The Morgan fingerprint density at radius 1 is 1.36 bits per heavy atom. The van der Waals surface area contributed by atoms with Crippen LogP contribution in [-0.2, 0) is 14.3 Å². The van der Waals surface area contributed by atoms with E-state index in [0.717, 1.165) is 17.4 Å². The van der Waals surface area contributed by atoms with Gasteiger partial charge in [-0.05, 0) is 25.5 Å². The monoisotopic (exact) mass is 301 g/mol. The molecule has 0 aliphatic heterocycles. The molecule has 22 heavy (non-hydrogen) atoms. The SMILES string of the molecule is CC/C=C/C(=O)OCC(=O)N[C@@H](C)c1cc2ccccc2o1. The van der Waals surface area contributed by atoms with Crippen LogP contribution in [0.15, 0.2) is 46.9 Å². The second kappa shape index (κ2) is 7.45. The van der Waals surface area contributed by atoms with Gasteiger partial charge >= 0.3 is 5.97 Å². The van der Waals surface area contributed by atoms with E-state index in [2.05, 4.69) is 5.32 Å². The zero-order valence-electron chi connectivity index (χ0n) is 12.7. The smallest absolute Gasteiger partial charge is 0.330 e. The number of para-hydroxylation sites is 1. The second-order valence-corrected chi connectivity index (χ2v) is 4.89. The number of hydrogen-bond acceptors (Lipinski definition) is 4. The van der Waals surface area contributed by atoms with Gasteiger partial charge in [-0.3, -0.25) is 4.79 Å². The van der Waals surface area contributed by atoms with E-state index in [0.29, 0.717) is 5.76 Å². The van der Waals surface area contributed by atoms with Crippen LogP contribution in [0.2, 0.25) is 0 Å². The van der Waals surface area contributed by atoms with Crippen molar-refractivity contribution in [3.05, 3.63) is 48.2 Å². The summed E-state index contributed by atoms with van der Waals surface area (Å²) in [5.41, 5.74) is 0.773. The molecule has 1 N–H and O–H groups in total. The fourth-order valence-corrected chi connectivity index (χ4v) is 1.97. The molecule has 116 valence electrons. The number of fused-ring (bicyclic) bond motifs is 1. The molecule has 5 heteroatoms. The van der Waals surface area contributed by atoms with Crippen molar-refractivity contribution >= 4 is 22.8 Å². The summed E-state index contributed by atoms with van der Waals surface area (Å²) in [7, 11) is 0. The number of carbonyl (C=O) groups is 2. The average Bonchev–Trinajstić information content (AvgIpc) is 2.95. The number of allylic oxidation sites excluding steroid dienone is 1. The van der Waals surface area contributed by atoms with E-state index in [-0.39, 0.29) is 18.6 Å². The van der Waals surface area contributed by atoms with Gasteiger partial charge in [0.15, 0.2) is 6.61 Å². The molecular weight excluding hydrogens is 282 g/mol. The molecule has 0 bridgehead atoms. The highest BCUT2D eigenvalue weighted by Crippen LogP contribution is 2.23. The van der Waals surface area contributed by atoms with Crippen LogP contribution in [0, 0.1) is 0 Å². The maximum atomic E-state index is 11.8. The van der Waals surface area contributed by atoms with E-state index in [1.807, 2.05) is 44.2 Å². The number of furan rings is 1. The third-order valence-corrected chi connectivity index (χ3v) is 3.08. The van der Waals surface area contributed by atoms with E-state index in [1.165, 1.54) is 6.08 Å². The summed E-state index contributed by atoms with van der Waals surface area (Å²) in [5, 5.41) is 3.72. The Labute approximate surface area is 128 Å². The van der Waals surface area contributed by atoms with Crippen LogP contribution in [0.25, 0.3) is 11.0 Å². The minimum atomic E-state index is -0.520. The number of ether oxygens (including phenoxy) is 1. The maximum Gasteiger partial charge on any atom is 0.330 e. The van der Waals surface area contributed by atoms with Crippen LogP contribution < -0.4 is 5.32 Å². The highest BCUT2D eigenvalue weighted by molar-refractivity contribution is 5.85. The zero-order chi connectivity index (χ0) is 15.9. The fourth-order valence-electron chi connectivity index (χ4n) is 1.97. The lowest BCUT2D eigenvalue weighted by Crippen LogP contribution is -2.30. The standard InChI is InChI=1S/C17H19NO4/c1-3-4-9-17(20)21-11-16(19)18-12(2)15-10-13-7-5-6-8-14(13)22-15/h4-10,12H,3,11H2,1-2H3,(H,18,19)/b9-4+/t12-/m0/s1. The number of hydrogen-bond donors (Lipinski definition) is 1. The van der Waals surface area contributed by atoms with Gasteiger partial charge in [-0.1, -0.05) is 31.2 Å². The molecule has 0 saturated carbocycles. The molecule has 1 atom stereocenters. The first-order valence-electron chi connectivity index (χ1n) is 7.21. The highest BCUT2D eigenvalue weighted by Gasteiger charge is 2.14. The average molecular weight is 301 g/mol. The maximum absolute atomic E-state index is 11.8. The van der Waals surface area contributed by atoms with Gasteiger partial charge in [-0.15, -0.1) is 0 Å². The fraction of sp³-hybridized carbons (Fsp3) is 0.294. The molecule has 1 aromatic heterocycles. The molecule has 1 amide bonds. The van der Waals surface area contributed by atoms with E-state index >= 15 is 0 Å². The molecule has 1 heterocycles. The lowest BCUT2D eigenvalue weighted by Gasteiger charge is -2.11. The molecule has 0 radical (unpaired) electrons. The summed E-state index contributed by atoms with van der Waals surface area (Å²) in [4.78, 5) is 23.0. The van der Waals surface area contributed by atoms with Gasteiger partial charge in [0.25, 0.3) is 5.91 Å². The molecular formula is C17H19NO4. The van der Waals surface area contributed by atoms with Crippen molar-refractivity contribution in [2.45, 2.75) is 26.3 Å². The Morgan fingerprint density at radius 3 is 2.86 bits per heavy atom. The molecule has 0 fully saturated rings. The Morgan fingerprint density at radius 2 is 2.14 bits per heavy atom. The van der Waals surface area contributed by atoms with Gasteiger partial charge in [-0.2, -0.15) is 0 Å². The predicted octanol–water partition coefficient (Wildman–Crippen LogP) is 3.12. The Kier molecular flexibility index (Phi) is 5.36. The number of benzene rings is 1. The Balaban J connectivity index is 1.88. The van der Waals surface area contributed by atoms with Crippen molar-refractivity contribution in [1.29, 1.82) is 0 Å². The normalized spacial score (nSPS) is 12.5. The third kappa shape index (κ3) is 4.22. The van der Waals surface area contributed by atoms with Crippen molar-refractivity contribution in [2.75, 3.05) is 6.61 Å². The van der Waals surface area contributed by atoms with E-state index in [9.17, 15) is 9.59 Å². The van der Waals surface area contributed by atoms with Gasteiger partial charge in [-0.25, -0.2) is 4.79 Å². The van der Waals surface area contributed by atoms with Crippen LogP contribution in [0.1, 0.15) is 32.1 Å². The number of esters is 1. The van der Waals surface area contributed by atoms with Crippen LogP contribution in [0.4, 0.5) is 0 Å². The molecule has 2 rings (SSSR count). The van der Waals surface area contributed by atoms with Gasteiger partial charge in [0.2, 0.25) is 0 Å². The first kappa shape index (κ1) is 15.8. The minimum Gasteiger partial charge on any atom is -0.459 e. The summed E-state index contributed by atoms with van der Waals surface area (Å²) >= 11 is 0. The molecule has 0 saturated heterocycles. The van der Waals surface area contributed by atoms with Crippen LogP contribution in [0.5, 0.6) is 0 Å². The van der Waals surface area contributed by atoms with Crippen molar-refractivity contribution < 1.29 is 18.7 Å². The van der Waals surface area contributed by atoms with Crippen LogP contribution in [-0.4, -0.2) is 18.5 Å². The van der Waals surface area contributed by atoms with Gasteiger partial charge in [0, 0.05) is 11.5 Å². The van der Waals surface area contributed by atoms with Crippen LogP contribution in [0.3, 0.4) is 0 Å². The summed E-state index contributed by atoms with van der Waals surface area (Å²) in [6, 6.07) is 9.21. The molecule has 0 aliphatic carbocycles.